The van der Waals surface area contributed by atoms with E-state index in [0.717, 1.165) is 5.56 Å². The molecule has 0 saturated carbocycles. The lowest BCUT2D eigenvalue weighted by Gasteiger charge is -2.21. The highest BCUT2D eigenvalue weighted by Crippen LogP contribution is 2.30. The number of rotatable bonds is 6. The van der Waals surface area contributed by atoms with E-state index in [1.807, 2.05) is 31.2 Å². The van der Waals surface area contributed by atoms with Crippen LogP contribution < -0.4 is 14.2 Å². The first-order valence-electron chi connectivity index (χ1n) is 8.43. The Kier molecular flexibility index (Phi) is 5.98. The summed E-state index contributed by atoms with van der Waals surface area (Å²) in [5.74, 6) is 0.856. The van der Waals surface area contributed by atoms with Crippen LogP contribution in [0.2, 0.25) is 0 Å². The van der Waals surface area contributed by atoms with Crippen LogP contribution in [0.3, 0.4) is 0 Å². The summed E-state index contributed by atoms with van der Waals surface area (Å²) in [7, 11) is -0.708. The van der Waals surface area contributed by atoms with Gasteiger partial charge in [0.1, 0.15) is 0 Å². The second kappa shape index (κ2) is 7.68. The summed E-state index contributed by atoms with van der Waals surface area (Å²) < 4.78 is 38.5. The van der Waals surface area contributed by atoms with Crippen LogP contribution in [-0.2, 0) is 15.4 Å². The zero-order valence-corrected chi connectivity index (χ0v) is 17.0. The van der Waals surface area contributed by atoms with E-state index in [1.54, 1.807) is 6.07 Å². The highest BCUT2D eigenvalue weighted by Gasteiger charge is 2.21. The largest absolute Gasteiger partial charge is 0.493 e. The minimum absolute atomic E-state index is 0.0565. The average molecular weight is 378 g/mol. The van der Waals surface area contributed by atoms with Crippen molar-refractivity contribution in [2.24, 2.45) is 0 Å². The molecule has 1 atom stereocenters. The lowest BCUT2D eigenvalue weighted by molar-refractivity contribution is 0.354. The average Bonchev–Trinajstić information content (AvgIpc) is 2.60. The minimum atomic E-state index is -3.69. The maximum absolute atomic E-state index is 12.7. The van der Waals surface area contributed by atoms with Crippen molar-refractivity contribution in [3.8, 4) is 11.5 Å². The van der Waals surface area contributed by atoms with Crippen molar-refractivity contribution in [2.75, 3.05) is 14.2 Å². The van der Waals surface area contributed by atoms with E-state index in [-0.39, 0.29) is 16.4 Å². The van der Waals surface area contributed by atoms with Crippen molar-refractivity contribution < 1.29 is 17.9 Å². The van der Waals surface area contributed by atoms with Crippen molar-refractivity contribution in [1.29, 1.82) is 0 Å². The zero-order chi connectivity index (χ0) is 19.5. The number of hydrogen-bond acceptors (Lipinski definition) is 4. The van der Waals surface area contributed by atoms with Crippen molar-refractivity contribution >= 4 is 10.0 Å². The van der Waals surface area contributed by atoms with Crippen LogP contribution >= 0.6 is 0 Å². The Labute approximate surface area is 156 Å². The van der Waals surface area contributed by atoms with Gasteiger partial charge in [0.15, 0.2) is 11.5 Å². The monoisotopic (exact) mass is 377 g/mol. The van der Waals surface area contributed by atoms with E-state index in [1.165, 1.54) is 31.9 Å². The molecule has 0 aromatic heterocycles. The molecule has 0 fully saturated rings. The van der Waals surface area contributed by atoms with Gasteiger partial charge in [-0.1, -0.05) is 45.0 Å². The summed E-state index contributed by atoms with van der Waals surface area (Å²) in [5, 5.41) is 0. The topological polar surface area (TPSA) is 64.6 Å². The molecule has 0 aliphatic rings. The van der Waals surface area contributed by atoms with Crippen LogP contribution in [0.4, 0.5) is 0 Å². The molecule has 1 N–H and O–H groups in total. The van der Waals surface area contributed by atoms with Crippen LogP contribution in [0.1, 0.15) is 44.9 Å². The Balaban J connectivity index is 2.23. The second-order valence-corrected chi connectivity index (χ2v) is 8.95. The van der Waals surface area contributed by atoms with Gasteiger partial charge >= 0.3 is 0 Å². The van der Waals surface area contributed by atoms with E-state index in [9.17, 15) is 8.42 Å². The molecule has 26 heavy (non-hydrogen) atoms. The summed E-state index contributed by atoms with van der Waals surface area (Å²) in [5.41, 5.74) is 2.17. The van der Waals surface area contributed by atoms with Crippen LogP contribution in [0.5, 0.6) is 11.5 Å². The normalized spacial score (nSPS) is 13.3. The molecular formula is C20H27NO4S. The van der Waals surface area contributed by atoms with Crippen molar-refractivity contribution in [3.63, 3.8) is 0 Å². The SMILES string of the molecule is COc1ccc(S(=O)(=O)NC(C)c2ccc(C(C)(C)C)cc2)cc1OC. The van der Waals surface area contributed by atoms with E-state index in [2.05, 4.69) is 25.5 Å². The zero-order valence-electron chi connectivity index (χ0n) is 16.2. The minimum Gasteiger partial charge on any atom is -0.493 e. The molecule has 0 bridgehead atoms. The summed E-state index contributed by atoms with van der Waals surface area (Å²) >= 11 is 0. The maximum Gasteiger partial charge on any atom is 0.241 e. The van der Waals surface area contributed by atoms with Gasteiger partial charge in [-0.2, -0.15) is 0 Å². The molecule has 142 valence electrons. The molecule has 2 aromatic carbocycles. The molecule has 2 aromatic rings. The lowest BCUT2D eigenvalue weighted by Crippen LogP contribution is -2.27. The summed E-state index contributed by atoms with van der Waals surface area (Å²) in [6, 6.07) is 12.2. The Bertz CT molecular complexity index is 852. The number of benzene rings is 2. The van der Waals surface area contributed by atoms with Gasteiger partial charge in [0.2, 0.25) is 10.0 Å². The van der Waals surface area contributed by atoms with E-state index >= 15 is 0 Å². The predicted octanol–water partition coefficient (Wildman–Crippen LogP) is 4.04. The van der Waals surface area contributed by atoms with Gasteiger partial charge in [0.05, 0.1) is 19.1 Å². The molecule has 0 heterocycles. The molecule has 0 amide bonds. The van der Waals surface area contributed by atoms with Crippen LogP contribution in [-0.4, -0.2) is 22.6 Å². The van der Waals surface area contributed by atoms with Gasteiger partial charge < -0.3 is 9.47 Å². The molecule has 2 rings (SSSR count). The summed E-state index contributed by atoms with van der Waals surface area (Å²) in [6.07, 6.45) is 0. The molecule has 0 spiro atoms. The van der Waals surface area contributed by atoms with Crippen LogP contribution in [0, 0.1) is 0 Å². The number of hydrogen-bond donors (Lipinski definition) is 1. The Morgan fingerprint density at radius 3 is 2.00 bits per heavy atom. The Morgan fingerprint density at radius 1 is 0.923 bits per heavy atom. The third kappa shape index (κ3) is 4.56. The lowest BCUT2D eigenvalue weighted by atomic mass is 9.86. The molecular weight excluding hydrogens is 350 g/mol. The van der Waals surface area contributed by atoms with Crippen LogP contribution in [0.15, 0.2) is 47.4 Å². The third-order valence-corrected chi connectivity index (χ3v) is 5.81. The molecule has 1 unspecified atom stereocenters. The fourth-order valence-corrected chi connectivity index (χ4v) is 3.87. The first-order valence-corrected chi connectivity index (χ1v) is 9.91. The van der Waals surface area contributed by atoms with Gasteiger partial charge in [0, 0.05) is 12.1 Å². The van der Waals surface area contributed by atoms with Gasteiger partial charge in [-0.3, -0.25) is 0 Å². The van der Waals surface area contributed by atoms with Gasteiger partial charge in [0.25, 0.3) is 0 Å². The number of nitrogens with one attached hydrogen (secondary N) is 1. The second-order valence-electron chi connectivity index (χ2n) is 7.23. The molecule has 0 aliphatic heterocycles. The third-order valence-electron chi connectivity index (χ3n) is 4.27. The molecule has 5 nitrogen and oxygen atoms in total. The van der Waals surface area contributed by atoms with E-state index in [4.69, 9.17) is 9.47 Å². The van der Waals surface area contributed by atoms with Crippen molar-refractivity contribution in [3.05, 3.63) is 53.6 Å². The fraction of sp³-hybridized carbons (Fsp3) is 0.400. The number of methoxy groups -OCH3 is 2. The van der Waals surface area contributed by atoms with Gasteiger partial charge in [-0.05, 0) is 35.6 Å². The standard InChI is InChI=1S/C20H27NO4S/c1-14(15-7-9-16(10-8-15)20(2,3)4)21-26(22,23)17-11-12-18(24-5)19(13-17)25-6/h7-14,21H,1-6H3. The molecule has 0 radical (unpaired) electrons. The van der Waals surface area contributed by atoms with E-state index < -0.39 is 10.0 Å². The van der Waals surface area contributed by atoms with Gasteiger partial charge in [-0.25, -0.2) is 13.1 Å². The molecule has 0 saturated heterocycles. The van der Waals surface area contributed by atoms with Crippen LogP contribution in [0.25, 0.3) is 0 Å². The van der Waals surface area contributed by atoms with Crippen molar-refractivity contribution in [1.82, 2.24) is 4.72 Å². The predicted molar refractivity (Wildman–Crippen MR) is 103 cm³/mol. The highest BCUT2D eigenvalue weighted by molar-refractivity contribution is 7.89. The summed E-state index contributed by atoms with van der Waals surface area (Å²) in [4.78, 5) is 0.133. The maximum atomic E-state index is 12.7. The molecule has 0 aliphatic carbocycles. The Morgan fingerprint density at radius 2 is 1.50 bits per heavy atom. The number of ether oxygens (including phenoxy) is 2. The fourth-order valence-electron chi connectivity index (χ4n) is 2.62. The van der Waals surface area contributed by atoms with E-state index in [0.29, 0.717) is 11.5 Å². The first kappa shape index (κ1) is 20.3. The highest BCUT2D eigenvalue weighted by atomic mass is 32.2. The van der Waals surface area contributed by atoms with Crippen molar-refractivity contribution in [2.45, 2.75) is 44.0 Å². The quantitative estimate of drug-likeness (QED) is 0.825. The number of sulfonamides is 1. The molecule has 6 heteroatoms. The first-order chi connectivity index (χ1) is 12.1. The summed E-state index contributed by atoms with van der Waals surface area (Å²) in [6.45, 7) is 8.26. The Hall–Kier alpha value is -2.05. The smallest absolute Gasteiger partial charge is 0.241 e. The van der Waals surface area contributed by atoms with Gasteiger partial charge in [-0.15, -0.1) is 0 Å².